The lowest BCUT2D eigenvalue weighted by Crippen LogP contribution is -1.91. The van der Waals surface area contributed by atoms with Crippen LogP contribution < -0.4 is 4.74 Å². The fourth-order valence-corrected chi connectivity index (χ4v) is 2.11. The van der Waals surface area contributed by atoms with Crippen molar-refractivity contribution in [3.05, 3.63) is 60.6 Å². The summed E-state index contributed by atoms with van der Waals surface area (Å²) >= 11 is 5.90. The number of hydrogen-bond donors (Lipinski definition) is 0. The first-order chi connectivity index (χ1) is 9.38. The molecule has 1 aromatic carbocycles. The summed E-state index contributed by atoms with van der Waals surface area (Å²) in [5, 5.41) is 0.967. The highest BCUT2D eigenvalue weighted by atomic mass is 35.5. The molecule has 0 radical (unpaired) electrons. The Labute approximate surface area is 115 Å². The zero-order valence-electron chi connectivity index (χ0n) is 10.1. The quantitative estimate of drug-likeness (QED) is 0.670. The zero-order valence-corrected chi connectivity index (χ0v) is 10.8. The third-order valence-corrected chi connectivity index (χ3v) is 3.13. The number of hydrogen-bond acceptors (Lipinski definition) is 3. The molecule has 3 rings (SSSR count). The van der Waals surface area contributed by atoms with Crippen molar-refractivity contribution in [2.75, 3.05) is 0 Å². The number of aromatic nitrogens is 2. The van der Waals surface area contributed by atoms with E-state index in [-0.39, 0.29) is 0 Å². The Kier molecular flexibility index (Phi) is 3.29. The average molecular weight is 271 g/mol. The van der Waals surface area contributed by atoms with Crippen molar-refractivity contribution >= 4 is 22.5 Å². The number of nitrogens with zero attached hydrogens (tertiary/aromatic N) is 2. The molecule has 0 atom stereocenters. The fourth-order valence-electron chi connectivity index (χ4n) is 1.89. The molecule has 0 bridgehead atoms. The van der Waals surface area contributed by atoms with Crippen molar-refractivity contribution in [1.29, 1.82) is 0 Å². The van der Waals surface area contributed by atoms with Crippen LogP contribution in [-0.4, -0.2) is 9.97 Å². The van der Waals surface area contributed by atoms with Crippen molar-refractivity contribution < 1.29 is 4.74 Å². The first kappa shape index (κ1) is 11.9. The van der Waals surface area contributed by atoms with Gasteiger partial charge < -0.3 is 4.74 Å². The molecular formula is C15H11ClN2O. The van der Waals surface area contributed by atoms with E-state index < -0.39 is 0 Å². The maximum Gasteiger partial charge on any atom is 0.150 e. The van der Waals surface area contributed by atoms with Crippen molar-refractivity contribution in [1.82, 2.24) is 9.97 Å². The van der Waals surface area contributed by atoms with Gasteiger partial charge in [-0.15, -0.1) is 11.6 Å². The molecule has 3 nitrogen and oxygen atoms in total. The normalized spacial score (nSPS) is 10.6. The van der Waals surface area contributed by atoms with Gasteiger partial charge in [0.05, 0.1) is 17.6 Å². The summed E-state index contributed by atoms with van der Waals surface area (Å²) in [5.74, 6) is 1.82. The minimum absolute atomic E-state index is 0.390. The molecule has 0 saturated heterocycles. The lowest BCUT2D eigenvalue weighted by molar-refractivity contribution is 0.481. The summed E-state index contributed by atoms with van der Waals surface area (Å²) in [6.07, 6.45) is 5.14. The lowest BCUT2D eigenvalue weighted by Gasteiger charge is -2.10. The molecule has 3 aromatic rings. The van der Waals surface area contributed by atoms with Gasteiger partial charge in [0.15, 0.2) is 0 Å². The maximum atomic E-state index is 5.93. The molecule has 0 spiro atoms. The number of ether oxygens (including phenoxy) is 1. The van der Waals surface area contributed by atoms with E-state index in [9.17, 15) is 0 Å². The summed E-state index contributed by atoms with van der Waals surface area (Å²) in [7, 11) is 0. The number of alkyl halides is 1. The van der Waals surface area contributed by atoms with Crippen LogP contribution in [0.5, 0.6) is 11.5 Å². The monoisotopic (exact) mass is 270 g/mol. The molecule has 0 aliphatic heterocycles. The van der Waals surface area contributed by atoms with E-state index in [1.165, 1.54) is 0 Å². The van der Waals surface area contributed by atoms with Crippen LogP contribution in [0.25, 0.3) is 10.9 Å². The summed E-state index contributed by atoms with van der Waals surface area (Å²) in [6, 6.07) is 11.5. The lowest BCUT2D eigenvalue weighted by atomic mass is 10.2. The average Bonchev–Trinajstić information content (AvgIpc) is 2.48. The standard InChI is InChI=1S/C15H11ClN2O/c16-9-11-6-8-17-10-15(11)19-14-5-1-4-13-12(14)3-2-7-18-13/h1-8,10H,9H2. The number of halogens is 1. The molecule has 2 heterocycles. The Balaban J connectivity index is 2.06. The highest BCUT2D eigenvalue weighted by molar-refractivity contribution is 6.17. The minimum Gasteiger partial charge on any atom is -0.455 e. The van der Waals surface area contributed by atoms with Gasteiger partial charge in [-0.25, -0.2) is 0 Å². The van der Waals surface area contributed by atoms with Crippen LogP contribution in [0.15, 0.2) is 55.0 Å². The number of pyridine rings is 2. The van der Waals surface area contributed by atoms with Crippen molar-refractivity contribution in [2.45, 2.75) is 5.88 Å². The predicted molar refractivity (Wildman–Crippen MR) is 75.6 cm³/mol. The van der Waals surface area contributed by atoms with Crippen molar-refractivity contribution in [2.24, 2.45) is 0 Å². The van der Waals surface area contributed by atoms with E-state index in [0.717, 1.165) is 22.2 Å². The van der Waals surface area contributed by atoms with Gasteiger partial charge in [-0.2, -0.15) is 0 Å². The number of benzene rings is 1. The molecule has 0 aliphatic rings. The molecule has 94 valence electrons. The van der Waals surface area contributed by atoms with Gasteiger partial charge in [0.1, 0.15) is 11.5 Å². The Bertz CT molecular complexity index is 710. The van der Waals surface area contributed by atoms with Crippen LogP contribution in [0.1, 0.15) is 5.56 Å². The Hall–Kier alpha value is -2.13. The van der Waals surface area contributed by atoms with Gasteiger partial charge in [0, 0.05) is 23.3 Å². The zero-order chi connectivity index (χ0) is 13.1. The molecule has 19 heavy (non-hydrogen) atoms. The highest BCUT2D eigenvalue weighted by Crippen LogP contribution is 2.30. The number of fused-ring (bicyclic) bond motifs is 1. The van der Waals surface area contributed by atoms with Crippen LogP contribution in [-0.2, 0) is 5.88 Å². The number of rotatable bonds is 3. The second-order valence-electron chi connectivity index (χ2n) is 4.05. The first-order valence-corrected chi connectivity index (χ1v) is 6.42. The Morgan fingerprint density at radius 1 is 1.00 bits per heavy atom. The van der Waals surface area contributed by atoms with Gasteiger partial charge in [-0.3, -0.25) is 9.97 Å². The van der Waals surface area contributed by atoms with Gasteiger partial charge >= 0.3 is 0 Å². The molecule has 0 aliphatic carbocycles. The van der Waals surface area contributed by atoms with E-state index in [0.29, 0.717) is 11.6 Å². The predicted octanol–water partition coefficient (Wildman–Crippen LogP) is 4.16. The van der Waals surface area contributed by atoms with E-state index >= 15 is 0 Å². The van der Waals surface area contributed by atoms with Crippen LogP contribution in [0, 0.1) is 0 Å². The molecule has 0 amide bonds. The van der Waals surface area contributed by atoms with Gasteiger partial charge in [-0.05, 0) is 30.3 Å². The summed E-state index contributed by atoms with van der Waals surface area (Å²) < 4.78 is 5.93. The second kappa shape index (κ2) is 5.24. The van der Waals surface area contributed by atoms with Crippen LogP contribution in [0.4, 0.5) is 0 Å². The Morgan fingerprint density at radius 3 is 2.84 bits per heavy atom. The van der Waals surface area contributed by atoms with E-state index in [1.54, 1.807) is 18.6 Å². The molecule has 2 aromatic heterocycles. The second-order valence-corrected chi connectivity index (χ2v) is 4.31. The van der Waals surface area contributed by atoms with Crippen LogP contribution in [0.2, 0.25) is 0 Å². The fraction of sp³-hybridized carbons (Fsp3) is 0.0667. The smallest absolute Gasteiger partial charge is 0.150 e. The molecule has 0 saturated carbocycles. The molecule has 0 fully saturated rings. The summed E-state index contributed by atoms with van der Waals surface area (Å²) in [4.78, 5) is 8.37. The van der Waals surface area contributed by atoms with Crippen LogP contribution >= 0.6 is 11.6 Å². The minimum atomic E-state index is 0.390. The van der Waals surface area contributed by atoms with Gasteiger partial charge in [0.2, 0.25) is 0 Å². The van der Waals surface area contributed by atoms with Crippen molar-refractivity contribution in [3.8, 4) is 11.5 Å². The highest BCUT2D eigenvalue weighted by Gasteiger charge is 2.07. The topological polar surface area (TPSA) is 35.0 Å². The largest absolute Gasteiger partial charge is 0.455 e. The summed E-state index contributed by atoms with van der Waals surface area (Å²) in [5.41, 5.74) is 1.81. The third-order valence-electron chi connectivity index (χ3n) is 2.84. The van der Waals surface area contributed by atoms with E-state index in [1.807, 2.05) is 36.4 Å². The van der Waals surface area contributed by atoms with Gasteiger partial charge in [-0.1, -0.05) is 6.07 Å². The Morgan fingerprint density at radius 2 is 1.95 bits per heavy atom. The molecule has 4 heteroatoms. The molecule has 0 unspecified atom stereocenters. The van der Waals surface area contributed by atoms with Crippen LogP contribution in [0.3, 0.4) is 0 Å². The van der Waals surface area contributed by atoms with Gasteiger partial charge in [0.25, 0.3) is 0 Å². The van der Waals surface area contributed by atoms with E-state index in [4.69, 9.17) is 16.3 Å². The van der Waals surface area contributed by atoms with E-state index in [2.05, 4.69) is 9.97 Å². The third kappa shape index (κ3) is 2.37. The molecule has 0 N–H and O–H groups in total. The first-order valence-electron chi connectivity index (χ1n) is 5.89. The van der Waals surface area contributed by atoms with Crippen molar-refractivity contribution in [3.63, 3.8) is 0 Å². The SMILES string of the molecule is ClCc1ccncc1Oc1cccc2ncccc12. The molecular weight excluding hydrogens is 260 g/mol. The maximum absolute atomic E-state index is 5.93. The summed E-state index contributed by atoms with van der Waals surface area (Å²) in [6.45, 7) is 0.